The lowest BCUT2D eigenvalue weighted by Gasteiger charge is -2.13. The molecule has 1 N–H and O–H groups in total. The van der Waals surface area contributed by atoms with E-state index in [0.29, 0.717) is 11.1 Å². The van der Waals surface area contributed by atoms with E-state index in [-0.39, 0.29) is 11.4 Å². The normalized spacial score (nSPS) is 11.8. The second-order valence-corrected chi connectivity index (χ2v) is 5.58. The monoisotopic (exact) mass is 335 g/mol. The molecule has 126 valence electrons. The van der Waals surface area contributed by atoms with E-state index in [1.807, 2.05) is 54.6 Å². The summed E-state index contributed by atoms with van der Waals surface area (Å²) in [4.78, 5) is 10.6. The van der Waals surface area contributed by atoms with Crippen LogP contribution in [0.2, 0.25) is 0 Å². The molecule has 0 aliphatic heterocycles. The molecule has 0 aromatic heterocycles. The summed E-state index contributed by atoms with van der Waals surface area (Å²) in [6, 6.07) is 21.9. The molecule has 0 aliphatic carbocycles. The molecule has 0 amide bonds. The molecular formula is C20H17NO4. The quantitative estimate of drug-likeness (QED) is 0.556. The number of aliphatic hydroxyl groups excluding tert-OH is 1. The number of aliphatic hydroxyl groups is 1. The number of rotatable bonds is 5. The molecule has 5 nitrogen and oxygen atoms in total. The highest BCUT2D eigenvalue weighted by Gasteiger charge is 2.19. The van der Waals surface area contributed by atoms with Crippen LogP contribution in [-0.2, 0) is 0 Å². The molecule has 0 saturated carbocycles. The fourth-order valence-corrected chi connectivity index (χ4v) is 2.70. The van der Waals surface area contributed by atoms with Gasteiger partial charge in [-0.05, 0) is 28.3 Å². The van der Waals surface area contributed by atoms with Crippen molar-refractivity contribution in [3.63, 3.8) is 0 Å². The SMILES string of the molecule is COc1ccc(C(O)c2ccc(-c3ccccc3)cc2)cc1[N+](=O)[O-]. The predicted octanol–water partition coefficient (Wildman–Crippen LogP) is 4.35. The summed E-state index contributed by atoms with van der Waals surface area (Å²) in [5.41, 5.74) is 3.07. The molecule has 0 fully saturated rings. The van der Waals surface area contributed by atoms with E-state index < -0.39 is 11.0 Å². The van der Waals surface area contributed by atoms with Crippen LogP contribution in [0.5, 0.6) is 5.75 Å². The first-order valence-corrected chi connectivity index (χ1v) is 7.76. The molecule has 1 atom stereocenters. The summed E-state index contributed by atoms with van der Waals surface area (Å²) < 4.78 is 4.99. The molecule has 0 bridgehead atoms. The third-order valence-corrected chi connectivity index (χ3v) is 4.05. The lowest BCUT2D eigenvalue weighted by atomic mass is 9.98. The molecule has 25 heavy (non-hydrogen) atoms. The highest BCUT2D eigenvalue weighted by molar-refractivity contribution is 5.63. The van der Waals surface area contributed by atoms with Gasteiger partial charge in [-0.25, -0.2) is 0 Å². The molecule has 0 heterocycles. The second kappa shape index (κ2) is 7.15. The number of benzene rings is 3. The first-order valence-electron chi connectivity index (χ1n) is 7.76. The van der Waals surface area contributed by atoms with Crippen LogP contribution >= 0.6 is 0 Å². The minimum absolute atomic E-state index is 0.167. The van der Waals surface area contributed by atoms with Gasteiger partial charge in [-0.1, -0.05) is 60.7 Å². The number of hydrogen-bond donors (Lipinski definition) is 1. The molecule has 3 aromatic rings. The summed E-state index contributed by atoms with van der Waals surface area (Å²) in [5.74, 6) is 0.167. The highest BCUT2D eigenvalue weighted by Crippen LogP contribution is 2.32. The third-order valence-electron chi connectivity index (χ3n) is 4.05. The fourth-order valence-electron chi connectivity index (χ4n) is 2.70. The summed E-state index contributed by atoms with van der Waals surface area (Å²) in [6.45, 7) is 0. The molecule has 5 heteroatoms. The van der Waals surface area contributed by atoms with Gasteiger partial charge in [-0.3, -0.25) is 10.1 Å². The van der Waals surface area contributed by atoms with Crippen LogP contribution in [0.4, 0.5) is 5.69 Å². The Morgan fingerprint density at radius 2 is 1.52 bits per heavy atom. The number of ether oxygens (including phenoxy) is 1. The van der Waals surface area contributed by atoms with Crippen LogP contribution in [0.1, 0.15) is 17.2 Å². The topological polar surface area (TPSA) is 72.6 Å². The van der Waals surface area contributed by atoms with Gasteiger partial charge in [-0.15, -0.1) is 0 Å². The van der Waals surface area contributed by atoms with Gasteiger partial charge >= 0.3 is 5.69 Å². The second-order valence-electron chi connectivity index (χ2n) is 5.58. The maximum Gasteiger partial charge on any atom is 0.311 e. The lowest BCUT2D eigenvalue weighted by Crippen LogP contribution is -2.02. The Bertz CT molecular complexity index is 876. The van der Waals surface area contributed by atoms with Gasteiger partial charge in [0.25, 0.3) is 0 Å². The number of nitrogens with zero attached hydrogens (tertiary/aromatic N) is 1. The standard InChI is InChI=1S/C20H17NO4/c1-25-19-12-11-17(13-18(19)21(23)24)20(22)16-9-7-15(8-10-16)14-5-3-2-4-6-14/h2-13,20,22H,1H3. The number of nitro groups is 1. The zero-order valence-corrected chi connectivity index (χ0v) is 13.6. The van der Waals surface area contributed by atoms with Gasteiger partial charge in [0.1, 0.15) is 6.10 Å². The van der Waals surface area contributed by atoms with E-state index in [1.165, 1.54) is 19.2 Å². The van der Waals surface area contributed by atoms with Gasteiger partial charge < -0.3 is 9.84 Å². The largest absolute Gasteiger partial charge is 0.490 e. The van der Waals surface area contributed by atoms with Crippen molar-refractivity contribution >= 4 is 5.69 Å². The highest BCUT2D eigenvalue weighted by atomic mass is 16.6. The molecule has 0 radical (unpaired) electrons. The van der Waals surface area contributed by atoms with E-state index in [1.54, 1.807) is 6.07 Å². The molecule has 0 spiro atoms. The van der Waals surface area contributed by atoms with E-state index in [9.17, 15) is 15.2 Å². The Labute approximate surface area is 145 Å². The average Bonchev–Trinajstić information content (AvgIpc) is 2.67. The van der Waals surface area contributed by atoms with Crippen molar-refractivity contribution < 1.29 is 14.8 Å². The Morgan fingerprint density at radius 3 is 2.12 bits per heavy atom. The van der Waals surface area contributed by atoms with Crippen molar-refractivity contribution in [1.82, 2.24) is 0 Å². The van der Waals surface area contributed by atoms with Crippen LogP contribution in [0.3, 0.4) is 0 Å². The van der Waals surface area contributed by atoms with E-state index >= 15 is 0 Å². The van der Waals surface area contributed by atoms with Crippen molar-refractivity contribution in [2.75, 3.05) is 7.11 Å². The Morgan fingerprint density at radius 1 is 0.920 bits per heavy atom. The van der Waals surface area contributed by atoms with Crippen LogP contribution in [-0.4, -0.2) is 17.1 Å². The van der Waals surface area contributed by atoms with Gasteiger partial charge in [0.05, 0.1) is 12.0 Å². The molecule has 1 unspecified atom stereocenters. The zero-order chi connectivity index (χ0) is 17.8. The van der Waals surface area contributed by atoms with E-state index in [4.69, 9.17) is 4.74 Å². The number of hydrogen-bond acceptors (Lipinski definition) is 4. The Kier molecular flexibility index (Phi) is 4.77. The molecule has 0 saturated heterocycles. The average molecular weight is 335 g/mol. The van der Waals surface area contributed by atoms with Crippen molar-refractivity contribution in [2.45, 2.75) is 6.10 Å². The molecule has 3 aromatic carbocycles. The van der Waals surface area contributed by atoms with Crippen LogP contribution < -0.4 is 4.74 Å². The summed E-state index contributed by atoms with van der Waals surface area (Å²) in [5, 5.41) is 21.7. The van der Waals surface area contributed by atoms with Crippen molar-refractivity contribution in [3.8, 4) is 16.9 Å². The molecular weight excluding hydrogens is 318 g/mol. The predicted molar refractivity (Wildman–Crippen MR) is 95.6 cm³/mol. The minimum Gasteiger partial charge on any atom is -0.490 e. The fraction of sp³-hybridized carbons (Fsp3) is 0.100. The smallest absolute Gasteiger partial charge is 0.311 e. The van der Waals surface area contributed by atoms with E-state index in [0.717, 1.165) is 11.1 Å². The first-order chi connectivity index (χ1) is 12.1. The maximum absolute atomic E-state index is 11.1. The number of methoxy groups -OCH3 is 1. The van der Waals surface area contributed by atoms with Crippen molar-refractivity contribution in [1.29, 1.82) is 0 Å². The van der Waals surface area contributed by atoms with Crippen molar-refractivity contribution in [2.24, 2.45) is 0 Å². The third kappa shape index (κ3) is 3.51. The minimum atomic E-state index is -0.950. The zero-order valence-electron chi connectivity index (χ0n) is 13.6. The molecule has 0 aliphatic rings. The van der Waals surface area contributed by atoms with Gasteiger partial charge in [-0.2, -0.15) is 0 Å². The summed E-state index contributed by atoms with van der Waals surface area (Å²) >= 11 is 0. The summed E-state index contributed by atoms with van der Waals surface area (Å²) in [6.07, 6.45) is -0.950. The molecule has 3 rings (SSSR count). The van der Waals surface area contributed by atoms with E-state index in [2.05, 4.69) is 0 Å². The van der Waals surface area contributed by atoms with Gasteiger partial charge in [0, 0.05) is 6.07 Å². The van der Waals surface area contributed by atoms with Gasteiger partial charge in [0.15, 0.2) is 5.75 Å². The van der Waals surface area contributed by atoms with Crippen molar-refractivity contribution in [3.05, 3.63) is 94.0 Å². The maximum atomic E-state index is 11.1. The lowest BCUT2D eigenvalue weighted by molar-refractivity contribution is -0.385. The van der Waals surface area contributed by atoms with Crippen LogP contribution in [0.15, 0.2) is 72.8 Å². The van der Waals surface area contributed by atoms with Gasteiger partial charge in [0.2, 0.25) is 0 Å². The summed E-state index contributed by atoms with van der Waals surface area (Å²) in [7, 11) is 1.38. The Hall–Kier alpha value is -3.18. The number of nitro benzene ring substituents is 1. The van der Waals surface area contributed by atoms with Crippen LogP contribution in [0, 0.1) is 10.1 Å². The Balaban J connectivity index is 1.89. The first kappa shape index (κ1) is 16.7. The van der Waals surface area contributed by atoms with Crippen LogP contribution in [0.25, 0.3) is 11.1 Å².